The molecule has 2 rings (SSSR count). The number of hydrogen-bond acceptors (Lipinski definition) is 9. The van der Waals surface area contributed by atoms with E-state index in [4.69, 9.17) is 55.4 Å². The van der Waals surface area contributed by atoms with Crippen LogP contribution in [0.5, 0.6) is 0 Å². The molecule has 8 nitrogen and oxygen atoms in total. The Morgan fingerprint density at radius 2 is 2.04 bits per heavy atom. The van der Waals surface area contributed by atoms with Crippen molar-refractivity contribution in [1.29, 1.82) is 0 Å². The van der Waals surface area contributed by atoms with Gasteiger partial charge in [-0.2, -0.15) is 0 Å². The second-order valence-corrected chi connectivity index (χ2v) is 8.52. The van der Waals surface area contributed by atoms with Gasteiger partial charge in [-0.25, -0.2) is 0 Å². The molecule has 1 N–H and O–H groups in total. The Bertz CT molecular complexity index is 478. The van der Waals surface area contributed by atoms with Gasteiger partial charge in [-0.05, 0) is 6.42 Å². The Hall–Kier alpha value is 0.525. The van der Waals surface area contributed by atoms with Gasteiger partial charge in [-0.15, -0.1) is 0 Å². The van der Waals surface area contributed by atoms with Crippen LogP contribution in [0.4, 0.5) is 0 Å². The average Bonchev–Trinajstić information content (AvgIpc) is 3.09. The number of methoxy groups -OCH3 is 2. The zero-order chi connectivity index (χ0) is 18.6. The van der Waals surface area contributed by atoms with Gasteiger partial charge in [0.15, 0.2) is 0 Å². The van der Waals surface area contributed by atoms with Gasteiger partial charge in [0.2, 0.25) is 0 Å². The van der Waals surface area contributed by atoms with Crippen molar-refractivity contribution in [3.63, 3.8) is 0 Å². The largest absolute Gasteiger partial charge is 0.780 e. The summed E-state index contributed by atoms with van der Waals surface area (Å²) in [6.45, 7) is -3.94. The molecule has 2 saturated heterocycles. The monoisotopic (exact) mass is 388 g/mol. The molecule has 3 unspecified atom stereocenters. The van der Waals surface area contributed by atoms with Crippen molar-refractivity contribution in [2.75, 3.05) is 27.4 Å². The summed E-state index contributed by atoms with van der Waals surface area (Å²) in [6, 6.07) is -1.27. The van der Waals surface area contributed by atoms with Crippen LogP contribution in [0.15, 0.2) is 0 Å². The summed E-state index contributed by atoms with van der Waals surface area (Å²) in [4.78, 5) is 12.5. The lowest BCUT2D eigenvalue weighted by Crippen LogP contribution is -2.38. The first kappa shape index (κ1) is 21.8. The third kappa shape index (κ3) is 5.75. The first-order valence-electron chi connectivity index (χ1n) is 7.76. The smallest absolute Gasteiger partial charge is 0.120 e. The van der Waals surface area contributed by atoms with Crippen LogP contribution >= 0.6 is 6.72 Å². The molecule has 0 bridgehead atoms. The normalized spacial score (nSPS) is 40.9. The molecular weight excluding hydrogens is 368 g/mol. The van der Waals surface area contributed by atoms with Crippen LogP contribution in [-0.2, 0) is 39.8 Å². The molecule has 0 spiro atoms. The highest BCUT2D eigenvalue weighted by Gasteiger charge is 2.43. The van der Waals surface area contributed by atoms with Gasteiger partial charge in [0.1, 0.15) is 39.0 Å². The predicted molar refractivity (Wildman–Crippen MR) is 93.0 cm³/mol. The molecule has 25 heavy (non-hydrogen) atoms. The lowest BCUT2D eigenvalue weighted by atomic mass is 9.51. The van der Waals surface area contributed by atoms with E-state index in [1.165, 1.54) is 21.4 Å². The molecule has 2 aliphatic rings. The van der Waals surface area contributed by atoms with E-state index < -0.39 is 37.1 Å². The number of aliphatic hydroxyl groups is 1. The number of rotatable bonds is 9. The Kier molecular flexibility index (Phi) is 8.41. The van der Waals surface area contributed by atoms with Crippen molar-refractivity contribution in [2.24, 2.45) is 0 Å². The Labute approximate surface area is 156 Å². The highest BCUT2D eigenvalue weighted by atomic mass is 32.5. The lowest BCUT2D eigenvalue weighted by Gasteiger charge is -2.34. The molecule has 2 aliphatic heterocycles. The van der Waals surface area contributed by atoms with Crippen molar-refractivity contribution in [1.82, 2.24) is 0 Å². The van der Waals surface area contributed by atoms with E-state index in [2.05, 4.69) is 0 Å². The van der Waals surface area contributed by atoms with E-state index in [-0.39, 0.29) is 25.3 Å². The maximum Gasteiger partial charge on any atom is 0.120 e. The number of aliphatic hydroxyl groups excluding tert-OH is 1. The standard InChI is InChI=1S/C12H21B3O8PS/c1-18-4-8-11(10(16)12(13)22-8)23-24(17,25)20-5-7-6(19-2)3-9(15-14)21-7/h6-12,16H,3-5H2,1-2H3,(H,17,25)/p-1/t6?,7-,8-,9-,10+,11?,12-,24?/m1/s1. The fraction of sp³-hybridized carbons (Fsp3) is 1.00. The minimum Gasteiger partial charge on any atom is -0.780 e. The molecule has 8 atom stereocenters. The molecule has 0 aromatic heterocycles. The van der Waals surface area contributed by atoms with Gasteiger partial charge < -0.3 is 38.0 Å². The van der Waals surface area contributed by atoms with Gasteiger partial charge in [-0.3, -0.25) is 0 Å². The predicted octanol–water partition coefficient (Wildman–Crippen LogP) is -2.21. The Morgan fingerprint density at radius 1 is 1.32 bits per heavy atom. The molecular formula is C12H20B3O8PS-. The quantitative estimate of drug-likeness (QED) is 0.349. The van der Waals surface area contributed by atoms with Crippen LogP contribution in [0, 0.1) is 0 Å². The zero-order valence-electron chi connectivity index (χ0n) is 14.1. The molecule has 13 heteroatoms. The molecule has 0 aliphatic carbocycles. The van der Waals surface area contributed by atoms with Gasteiger partial charge in [-0.1, -0.05) is 11.8 Å². The summed E-state index contributed by atoms with van der Waals surface area (Å²) in [5.41, 5.74) is 0. The maximum absolute atomic E-state index is 12.5. The van der Waals surface area contributed by atoms with Crippen molar-refractivity contribution in [3.8, 4) is 0 Å². The van der Waals surface area contributed by atoms with Crippen molar-refractivity contribution in [2.45, 2.75) is 48.9 Å². The second-order valence-electron chi connectivity index (χ2n) is 5.81. The van der Waals surface area contributed by atoms with E-state index in [1.54, 1.807) is 0 Å². The molecule has 137 valence electrons. The van der Waals surface area contributed by atoms with E-state index in [1.807, 2.05) is 0 Å². The van der Waals surface area contributed by atoms with Crippen molar-refractivity contribution in [3.05, 3.63) is 0 Å². The summed E-state index contributed by atoms with van der Waals surface area (Å²) < 4.78 is 31.7. The second kappa shape index (κ2) is 9.64. The van der Waals surface area contributed by atoms with E-state index in [0.29, 0.717) is 6.42 Å². The fourth-order valence-corrected chi connectivity index (χ4v) is 4.24. The van der Waals surface area contributed by atoms with Gasteiger partial charge in [0.25, 0.3) is 0 Å². The van der Waals surface area contributed by atoms with E-state index in [0.717, 1.165) is 0 Å². The summed E-state index contributed by atoms with van der Waals surface area (Å²) >= 11 is 4.91. The summed E-state index contributed by atoms with van der Waals surface area (Å²) in [5, 5.41) is 10.0. The van der Waals surface area contributed by atoms with Crippen LogP contribution < -0.4 is 4.89 Å². The summed E-state index contributed by atoms with van der Waals surface area (Å²) in [7, 11) is 15.5. The zero-order valence-corrected chi connectivity index (χ0v) is 15.8. The average molecular weight is 388 g/mol. The fourth-order valence-electron chi connectivity index (χ4n) is 2.81. The minimum absolute atomic E-state index is 0.0935. The Balaban J connectivity index is 1.91. The molecule has 2 fully saturated rings. The molecule has 0 aromatic rings. The highest BCUT2D eigenvalue weighted by molar-refractivity contribution is 8.06. The number of ether oxygens (including phenoxy) is 4. The molecule has 0 amide bonds. The first-order chi connectivity index (χ1) is 11.8. The van der Waals surface area contributed by atoms with Crippen LogP contribution in [0.25, 0.3) is 0 Å². The topological polar surface area (TPSA) is 98.7 Å². The van der Waals surface area contributed by atoms with Crippen LogP contribution in [0.1, 0.15) is 6.42 Å². The molecule has 2 heterocycles. The Morgan fingerprint density at radius 3 is 2.64 bits per heavy atom. The third-order valence-electron chi connectivity index (χ3n) is 4.10. The lowest BCUT2D eigenvalue weighted by molar-refractivity contribution is -0.217. The van der Waals surface area contributed by atoms with Crippen LogP contribution in [0.3, 0.4) is 0 Å². The highest BCUT2D eigenvalue weighted by Crippen LogP contribution is 2.44. The first-order valence-corrected chi connectivity index (χ1v) is 10.3. The van der Waals surface area contributed by atoms with Crippen molar-refractivity contribution < 1.29 is 38.0 Å². The minimum atomic E-state index is -3.93. The SMILES string of the molecule is [B][B][C@H]1CC(OC)[C@@H](COP([O-])(=S)OC2[C@@H](COC)O[C@@H]([B])[C@H]2O)O1. The van der Waals surface area contributed by atoms with Crippen LogP contribution in [0.2, 0.25) is 0 Å². The van der Waals surface area contributed by atoms with Gasteiger partial charge in [0, 0.05) is 34.0 Å². The van der Waals surface area contributed by atoms with Gasteiger partial charge >= 0.3 is 0 Å². The number of hydrogen-bond donors (Lipinski definition) is 1. The van der Waals surface area contributed by atoms with Gasteiger partial charge in [0.05, 0.1) is 26.5 Å². The van der Waals surface area contributed by atoms with E-state index in [9.17, 15) is 10.00 Å². The maximum atomic E-state index is 12.5. The molecule has 0 aromatic carbocycles. The van der Waals surface area contributed by atoms with E-state index >= 15 is 0 Å². The summed E-state index contributed by atoms with van der Waals surface area (Å²) in [6.07, 6.45) is -3.13. The van der Waals surface area contributed by atoms with Crippen molar-refractivity contribution >= 4 is 41.3 Å². The molecule has 0 saturated carbocycles. The van der Waals surface area contributed by atoms with Crippen LogP contribution in [-0.4, -0.2) is 97.8 Å². The summed E-state index contributed by atoms with van der Waals surface area (Å²) in [5.74, 6) is 0. The molecule has 5 radical (unpaired) electrons. The third-order valence-corrected chi connectivity index (χ3v) is 5.64.